The first-order valence-electron chi connectivity index (χ1n) is 9.45. The van der Waals surface area contributed by atoms with Crippen LogP contribution in [0.25, 0.3) is 0 Å². The summed E-state index contributed by atoms with van der Waals surface area (Å²) < 4.78 is 0. The van der Waals surface area contributed by atoms with E-state index in [1.165, 1.54) is 0 Å². The van der Waals surface area contributed by atoms with E-state index >= 15 is 0 Å². The fourth-order valence-electron chi connectivity index (χ4n) is 4.13. The van der Waals surface area contributed by atoms with Gasteiger partial charge in [-0.2, -0.15) is 0 Å². The number of rotatable bonds is 3. The van der Waals surface area contributed by atoms with Crippen LogP contribution in [0.2, 0.25) is 0 Å². The van der Waals surface area contributed by atoms with Gasteiger partial charge in [0, 0.05) is 37.8 Å². The largest absolute Gasteiger partial charge is 0.338 e. The molecule has 26 heavy (non-hydrogen) atoms. The van der Waals surface area contributed by atoms with Crippen molar-refractivity contribution in [1.29, 1.82) is 0 Å². The lowest BCUT2D eigenvalue weighted by molar-refractivity contribution is -0.141. The number of nitrogens with two attached hydrogens (primary N) is 1. The molecule has 2 fully saturated rings. The van der Waals surface area contributed by atoms with Crippen molar-refractivity contribution in [2.75, 3.05) is 26.2 Å². The molecule has 5 nitrogen and oxygen atoms in total. The molecule has 3 unspecified atom stereocenters. The van der Waals surface area contributed by atoms with Crippen molar-refractivity contribution in [3.8, 4) is 0 Å². The summed E-state index contributed by atoms with van der Waals surface area (Å²) >= 11 is 0. The fourth-order valence-corrected chi connectivity index (χ4v) is 4.13. The first kappa shape index (κ1) is 20.7. The van der Waals surface area contributed by atoms with Crippen LogP contribution in [0, 0.1) is 11.8 Å². The van der Waals surface area contributed by atoms with E-state index in [1.54, 1.807) is 0 Å². The minimum atomic E-state index is -0.0936. The first-order valence-corrected chi connectivity index (χ1v) is 9.45. The van der Waals surface area contributed by atoms with Gasteiger partial charge in [0.05, 0.1) is 5.92 Å². The zero-order valence-corrected chi connectivity index (χ0v) is 16.3. The maximum atomic E-state index is 13.1. The summed E-state index contributed by atoms with van der Waals surface area (Å²) in [5.41, 5.74) is 6.61. The van der Waals surface area contributed by atoms with Gasteiger partial charge in [-0.1, -0.05) is 25.1 Å². The Labute approximate surface area is 162 Å². The van der Waals surface area contributed by atoms with E-state index in [-0.39, 0.29) is 36.2 Å². The topological polar surface area (TPSA) is 66.6 Å². The third-order valence-corrected chi connectivity index (χ3v) is 5.61. The Morgan fingerprint density at radius 3 is 2.58 bits per heavy atom. The normalized spacial score (nSPS) is 26.2. The van der Waals surface area contributed by atoms with Gasteiger partial charge in [0.2, 0.25) is 5.91 Å². The van der Waals surface area contributed by atoms with Gasteiger partial charge in [0.15, 0.2) is 0 Å². The molecule has 0 saturated carbocycles. The summed E-state index contributed by atoms with van der Waals surface area (Å²) in [6, 6.07) is 9.48. The molecule has 2 amide bonds. The minimum Gasteiger partial charge on any atom is -0.338 e. The molecule has 2 saturated heterocycles. The second-order valence-electron chi connectivity index (χ2n) is 7.51. The van der Waals surface area contributed by atoms with Crippen LogP contribution in [0.5, 0.6) is 0 Å². The molecule has 0 aliphatic carbocycles. The van der Waals surface area contributed by atoms with Gasteiger partial charge in [-0.25, -0.2) is 0 Å². The molecule has 2 aliphatic heterocycles. The Kier molecular flexibility index (Phi) is 7.47. The summed E-state index contributed by atoms with van der Waals surface area (Å²) in [6.45, 7) is 4.80. The number of hydrogen-bond donors (Lipinski definition) is 1. The average Bonchev–Trinajstić information content (AvgIpc) is 2.67. The van der Waals surface area contributed by atoms with Gasteiger partial charge in [-0.3, -0.25) is 9.59 Å². The lowest BCUT2D eigenvalue weighted by Gasteiger charge is -2.41. The summed E-state index contributed by atoms with van der Waals surface area (Å²) in [7, 11) is 0. The van der Waals surface area contributed by atoms with Crippen molar-refractivity contribution >= 4 is 24.2 Å². The van der Waals surface area contributed by atoms with Crippen molar-refractivity contribution in [2.24, 2.45) is 17.6 Å². The molecular weight excluding hydrogens is 350 g/mol. The quantitative estimate of drug-likeness (QED) is 0.877. The highest BCUT2D eigenvalue weighted by Gasteiger charge is 2.36. The smallest absolute Gasteiger partial charge is 0.253 e. The average molecular weight is 380 g/mol. The highest BCUT2D eigenvalue weighted by Crippen LogP contribution is 2.27. The van der Waals surface area contributed by atoms with Gasteiger partial charge < -0.3 is 15.5 Å². The van der Waals surface area contributed by atoms with Crippen LogP contribution in [-0.4, -0.2) is 53.8 Å². The molecule has 0 aromatic heterocycles. The zero-order valence-electron chi connectivity index (χ0n) is 15.5. The molecule has 3 rings (SSSR count). The van der Waals surface area contributed by atoms with Crippen molar-refractivity contribution in [2.45, 2.75) is 38.6 Å². The molecule has 144 valence electrons. The molecule has 0 spiro atoms. The van der Waals surface area contributed by atoms with Crippen LogP contribution in [0.3, 0.4) is 0 Å². The van der Waals surface area contributed by atoms with E-state index in [9.17, 15) is 9.59 Å². The highest BCUT2D eigenvalue weighted by molar-refractivity contribution is 5.94. The van der Waals surface area contributed by atoms with E-state index in [2.05, 4.69) is 6.92 Å². The second-order valence-corrected chi connectivity index (χ2v) is 7.51. The molecule has 1 aromatic carbocycles. The Morgan fingerprint density at radius 1 is 1.15 bits per heavy atom. The summed E-state index contributed by atoms with van der Waals surface area (Å²) in [6.07, 6.45) is 3.77. The maximum absolute atomic E-state index is 13.1. The van der Waals surface area contributed by atoms with Gasteiger partial charge in [0.25, 0.3) is 5.91 Å². The summed E-state index contributed by atoms with van der Waals surface area (Å²) in [5.74, 6) is 0.748. The summed E-state index contributed by atoms with van der Waals surface area (Å²) in [4.78, 5) is 29.6. The van der Waals surface area contributed by atoms with Crippen LogP contribution in [0.1, 0.15) is 43.0 Å². The number of hydrogen-bond acceptors (Lipinski definition) is 3. The van der Waals surface area contributed by atoms with Gasteiger partial charge in [0.1, 0.15) is 0 Å². The van der Waals surface area contributed by atoms with Crippen molar-refractivity contribution in [3.63, 3.8) is 0 Å². The molecule has 0 radical (unpaired) electrons. The Hall–Kier alpha value is -1.59. The molecule has 3 atom stereocenters. The third kappa shape index (κ3) is 4.57. The Balaban J connectivity index is 0.00000243. The highest BCUT2D eigenvalue weighted by atomic mass is 35.5. The number of carbonyl (C=O) groups excluding carboxylic acids is 2. The third-order valence-electron chi connectivity index (χ3n) is 5.61. The van der Waals surface area contributed by atoms with E-state index in [1.807, 2.05) is 40.1 Å². The van der Waals surface area contributed by atoms with E-state index in [0.717, 1.165) is 38.8 Å². The van der Waals surface area contributed by atoms with Gasteiger partial charge in [-0.15, -0.1) is 12.4 Å². The number of benzene rings is 1. The molecule has 6 heteroatoms. The predicted octanol–water partition coefficient (Wildman–Crippen LogP) is 2.55. The number of nitrogens with zero attached hydrogens (tertiary/aromatic N) is 2. The second kappa shape index (κ2) is 9.38. The number of piperidine rings is 2. The van der Waals surface area contributed by atoms with Gasteiger partial charge in [-0.05, 0) is 43.7 Å². The van der Waals surface area contributed by atoms with E-state index in [0.29, 0.717) is 24.6 Å². The minimum absolute atomic E-state index is 0. The fraction of sp³-hybridized carbons (Fsp3) is 0.600. The molecule has 2 heterocycles. The van der Waals surface area contributed by atoms with Crippen molar-refractivity contribution in [3.05, 3.63) is 35.9 Å². The lowest BCUT2D eigenvalue weighted by Crippen LogP contribution is -2.54. The lowest BCUT2D eigenvalue weighted by atomic mass is 9.89. The van der Waals surface area contributed by atoms with E-state index < -0.39 is 0 Å². The van der Waals surface area contributed by atoms with Crippen LogP contribution in [0.15, 0.2) is 30.3 Å². The number of likely N-dealkylation sites (tertiary alicyclic amines) is 2. The molecule has 2 aliphatic rings. The maximum Gasteiger partial charge on any atom is 0.253 e. The monoisotopic (exact) mass is 379 g/mol. The van der Waals surface area contributed by atoms with Crippen molar-refractivity contribution in [1.82, 2.24) is 9.80 Å². The molecule has 1 aromatic rings. The van der Waals surface area contributed by atoms with Crippen LogP contribution >= 0.6 is 12.4 Å². The molecular formula is C20H30ClN3O2. The SMILES string of the molecule is CC1CCN(C(=O)C2CCCN(C(=O)c3ccccc3)C2)C(CN)C1.Cl. The Morgan fingerprint density at radius 2 is 1.88 bits per heavy atom. The Bertz CT molecular complexity index is 610. The standard InChI is InChI=1S/C20H29N3O2.ClH/c1-15-9-11-23(18(12-15)13-21)20(25)17-8-5-10-22(14-17)19(24)16-6-3-2-4-7-16;/h2-4,6-7,15,17-18H,5,8-14,21H2,1H3;1H. The molecule has 0 bridgehead atoms. The van der Waals surface area contributed by atoms with Crippen LogP contribution in [0.4, 0.5) is 0 Å². The predicted molar refractivity (Wildman–Crippen MR) is 105 cm³/mol. The first-order chi connectivity index (χ1) is 12.1. The molecule has 2 N–H and O–H groups in total. The van der Waals surface area contributed by atoms with Crippen molar-refractivity contribution < 1.29 is 9.59 Å². The van der Waals surface area contributed by atoms with Crippen LogP contribution in [-0.2, 0) is 4.79 Å². The van der Waals surface area contributed by atoms with Crippen LogP contribution < -0.4 is 5.73 Å². The van der Waals surface area contributed by atoms with E-state index in [4.69, 9.17) is 5.73 Å². The zero-order chi connectivity index (χ0) is 17.8. The number of amides is 2. The number of halogens is 1. The van der Waals surface area contributed by atoms with Gasteiger partial charge >= 0.3 is 0 Å². The number of carbonyl (C=O) groups is 2. The summed E-state index contributed by atoms with van der Waals surface area (Å²) in [5, 5.41) is 0.